The Kier molecular flexibility index (Phi) is 1.43. The maximum absolute atomic E-state index is 9.07. The SMILES string of the molecule is Cc1ccc2ccc(O)nc2n1. The zero-order chi connectivity index (χ0) is 8.55. The van der Waals surface area contributed by atoms with E-state index in [4.69, 9.17) is 5.11 Å². The first-order chi connectivity index (χ1) is 5.75. The Morgan fingerprint density at radius 3 is 2.67 bits per heavy atom. The van der Waals surface area contributed by atoms with Crippen molar-refractivity contribution < 1.29 is 5.11 Å². The molecule has 2 aromatic heterocycles. The van der Waals surface area contributed by atoms with E-state index in [0.717, 1.165) is 11.1 Å². The molecule has 3 nitrogen and oxygen atoms in total. The van der Waals surface area contributed by atoms with Crippen molar-refractivity contribution in [1.82, 2.24) is 9.97 Å². The number of pyridine rings is 2. The Balaban J connectivity index is 2.80. The lowest BCUT2D eigenvalue weighted by Gasteiger charge is -1.97. The summed E-state index contributed by atoms with van der Waals surface area (Å²) in [5.74, 6) is 0.0144. The third-order valence-electron chi connectivity index (χ3n) is 1.68. The average Bonchev–Trinajstić information content (AvgIpc) is 2.03. The van der Waals surface area contributed by atoms with Crippen molar-refractivity contribution >= 4 is 11.0 Å². The quantitative estimate of drug-likeness (QED) is 0.637. The number of fused-ring (bicyclic) bond motifs is 1. The molecular weight excluding hydrogens is 152 g/mol. The van der Waals surface area contributed by atoms with E-state index in [-0.39, 0.29) is 5.88 Å². The fourth-order valence-corrected chi connectivity index (χ4v) is 1.08. The van der Waals surface area contributed by atoms with Crippen LogP contribution < -0.4 is 0 Å². The van der Waals surface area contributed by atoms with Crippen LogP contribution in [0.3, 0.4) is 0 Å². The fourth-order valence-electron chi connectivity index (χ4n) is 1.08. The molecule has 0 atom stereocenters. The Labute approximate surface area is 69.7 Å². The molecule has 0 aromatic carbocycles. The van der Waals surface area contributed by atoms with Gasteiger partial charge in [0.2, 0.25) is 5.88 Å². The maximum atomic E-state index is 9.07. The van der Waals surface area contributed by atoms with Gasteiger partial charge in [-0.15, -0.1) is 0 Å². The van der Waals surface area contributed by atoms with Gasteiger partial charge < -0.3 is 5.11 Å². The highest BCUT2D eigenvalue weighted by atomic mass is 16.3. The van der Waals surface area contributed by atoms with E-state index in [1.165, 1.54) is 0 Å². The number of aromatic nitrogens is 2. The van der Waals surface area contributed by atoms with Crippen molar-refractivity contribution in [3.63, 3.8) is 0 Å². The van der Waals surface area contributed by atoms with E-state index >= 15 is 0 Å². The summed E-state index contributed by atoms with van der Waals surface area (Å²) in [6.07, 6.45) is 0. The highest BCUT2D eigenvalue weighted by Gasteiger charge is 1.96. The molecule has 2 heterocycles. The largest absolute Gasteiger partial charge is 0.493 e. The Morgan fingerprint density at radius 1 is 1.08 bits per heavy atom. The van der Waals surface area contributed by atoms with Gasteiger partial charge in [-0.05, 0) is 25.1 Å². The van der Waals surface area contributed by atoms with Crippen molar-refractivity contribution in [3.05, 3.63) is 30.0 Å². The van der Waals surface area contributed by atoms with Gasteiger partial charge in [-0.3, -0.25) is 0 Å². The van der Waals surface area contributed by atoms with Crippen LogP contribution in [0.4, 0.5) is 0 Å². The highest BCUT2D eigenvalue weighted by Crippen LogP contribution is 2.13. The van der Waals surface area contributed by atoms with Crippen LogP contribution in [0, 0.1) is 6.92 Å². The molecule has 0 fully saturated rings. The third-order valence-corrected chi connectivity index (χ3v) is 1.68. The second-order valence-corrected chi connectivity index (χ2v) is 2.67. The molecule has 1 N–H and O–H groups in total. The summed E-state index contributed by atoms with van der Waals surface area (Å²) >= 11 is 0. The van der Waals surface area contributed by atoms with Crippen molar-refractivity contribution in [1.29, 1.82) is 0 Å². The van der Waals surface area contributed by atoms with Crippen molar-refractivity contribution in [2.45, 2.75) is 6.92 Å². The molecule has 0 unspecified atom stereocenters. The normalized spacial score (nSPS) is 10.4. The summed E-state index contributed by atoms with van der Waals surface area (Å²) in [6, 6.07) is 7.20. The monoisotopic (exact) mass is 160 g/mol. The molecule has 12 heavy (non-hydrogen) atoms. The zero-order valence-electron chi connectivity index (χ0n) is 6.65. The molecule has 0 aliphatic heterocycles. The van der Waals surface area contributed by atoms with E-state index < -0.39 is 0 Å². The minimum atomic E-state index is 0.0144. The molecule has 3 heteroatoms. The minimum absolute atomic E-state index is 0.0144. The van der Waals surface area contributed by atoms with Gasteiger partial charge in [-0.1, -0.05) is 0 Å². The first kappa shape index (κ1) is 7.03. The molecule has 0 amide bonds. The summed E-state index contributed by atoms with van der Waals surface area (Å²) in [5, 5.41) is 10.0. The fraction of sp³-hybridized carbons (Fsp3) is 0.111. The van der Waals surface area contributed by atoms with Crippen molar-refractivity contribution in [2.75, 3.05) is 0 Å². The van der Waals surface area contributed by atoms with Crippen LogP contribution in [-0.2, 0) is 0 Å². The molecular formula is C9H8N2O. The number of nitrogens with zero attached hydrogens (tertiary/aromatic N) is 2. The second-order valence-electron chi connectivity index (χ2n) is 2.67. The van der Waals surface area contributed by atoms with Crippen LogP contribution in [-0.4, -0.2) is 15.1 Å². The lowest BCUT2D eigenvalue weighted by atomic mass is 10.2. The predicted octanol–water partition coefficient (Wildman–Crippen LogP) is 1.64. The number of rotatable bonds is 0. The molecule has 0 aliphatic carbocycles. The highest BCUT2D eigenvalue weighted by molar-refractivity contribution is 5.75. The van der Waals surface area contributed by atoms with Gasteiger partial charge in [0.1, 0.15) is 0 Å². The Morgan fingerprint density at radius 2 is 1.83 bits per heavy atom. The van der Waals surface area contributed by atoms with E-state index in [2.05, 4.69) is 9.97 Å². The van der Waals surface area contributed by atoms with Gasteiger partial charge in [0.25, 0.3) is 0 Å². The van der Waals surface area contributed by atoms with E-state index in [1.807, 2.05) is 19.1 Å². The summed E-state index contributed by atoms with van der Waals surface area (Å²) in [6.45, 7) is 1.89. The molecule has 0 bridgehead atoms. The smallest absolute Gasteiger partial charge is 0.212 e. The molecule has 2 rings (SSSR count). The van der Waals surface area contributed by atoms with E-state index in [9.17, 15) is 0 Å². The molecule has 60 valence electrons. The standard InChI is InChI=1S/C9H8N2O/c1-6-2-3-7-4-5-8(12)11-9(7)10-6/h2-5H,1H3,(H,10,11,12). The van der Waals surface area contributed by atoms with Crippen LogP contribution in [0.1, 0.15) is 5.69 Å². The summed E-state index contributed by atoms with van der Waals surface area (Å²) in [5.41, 5.74) is 1.50. The molecule has 2 aromatic rings. The number of hydrogen-bond donors (Lipinski definition) is 1. The summed E-state index contributed by atoms with van der Waals surface area (Å²) in [4.78, 5) is 8.05. The van der Waals surface area contributed by atoms with Crippen molar-refractivity contribution in [3.8, 4) is 5.88 Å². The topological polar surface area (TPSA) is 46.0 Å². The van der Waals surface area contributed by atoms with E-state index in [1.54, 1.807) is 12.1 Å². The third kappa shape index (κ3) is 1.09. The Hall–Kier alpha value is -1.64. The van der Waals surface area contributed by atoms with Crippen LogP contribution in [0.2, 0.25) is 0 Å². The van der Waals surface area contributed by atoms with Gasteiger partial charge >= 0.3 is 0 Å². The predicted molar refractivity (Wildman–Crippen MR) is 45.9 cm³/mol. The average molecular weight is 160 g/mol. The van der Waals surface area contributed by atoms with Crippen LogP contribution in [0.25, 0.3) is 11.0 Å². The van der Waals surface area contributed by atoms with Crippen molar-refractivity contribution in [2.24, 2.45) is 0 Å². The lowest BCUT2D eigenvalue weighted by molar-refractivity contribution is 0.455. The van der Waals surface area contributed by atoms with Gasteiger partial charge in [0.15, 0.2) is 5.65 Å². The lowest BCUT2D eigenvalue weighted by Crippen LogP contribution is -1.85. The molecule has 0 saturated heterocycles. The maximum Gasteiger partial charge on any atom is 0.212 e. The molecule has 0 saturated carbocycles. The van der Waals surface area contributed by atoms with E-state index in [0.29, 0.717) is 5.65 Å². The van der Waals surface area contributed by atoms with Gasteiger partial charge in [-0.2, -0.15) is 4.98 Å². The number of aryl methyl sites for hydroxylation is 1. The molecule has 0 radical (unpaired) electrons. The number of aromatic hydroxyl groups is 1. The minimum Gasteiger partial charge on any atom is -0.493 e. The summed E-state index contributed by atoms with van der Waals surface area (Å²) in [7, 11) is 0. The zero-order valence-corrected chi connectivity index (χ0v) is 6.65. The molecule has 0 aliphatic rings. The second kappa shape index (κ2) is 2.44. The first-order valence-electron chi connectivity index (χ1n) is 3.69. The van der Waals surface area contributed by atoms with Crippen LogP contribution in [0.15, 0.2) is 24.3 Å². The van der Waals surface area contributed by atoms with Gasteiger partial charge in [-0.25, -0.2) is 4.98 Å². The summed E-state index contributed by atoms with van der Waals surface area (Å²) < 4.78 is 0. The number of hydrogen-bond acceptors (Lipinski definition) is 3. The van der Waals surface area contributed by atoms with Gasteiger partial charge in [0.05, 0.1) is 0 Å². The van der Waals surface area contributed by atoms with Crippen LogP contribution in [0.5, 0.6) is 5.88 Å². The van der Waals surface area contributed by atoms with Crippen LogP contribution >= 0.6 is 0 Å². The first-order valence-corrected chi connectivity index (χ1v) is 3.69. The molecule has 0 spiro atoms. The Bertz CT molecular complexity index is 389. The van der Waals surface area contributed by atoms with Gasteiger partial charge in [0, 0.05) is 17.1 Å².